The fourth-order valence-electron chi connectivity index (χ4n) is 2.24. The molecule has 0 aliphatic heterocycles. The van der Waals surface area contributed by atoms with Gasteiger partial charge in [-0.3, -0.25) is 4.79 Å². The highest BCUT2D eigenvalue weighted by atomic mass is 16.5. The van der Waals surface area contributed by atoms with Gasteiger partial charge in [-0.05, 0) is 44.2 Å². The first-order chi connectivity index (χ1) is 12.2. The first kappa shape index (κ1) is 18.2. The van der Waals surface area contributed by atoms with Crippen molar-refractivity contribution in [2.75, 3.05) is 30.4 Å². The van der Waals surface area contributed by atoms with Crippen LogP contribution >= 0.6 is 0 Å². The van der Waals surface area contributed by atoms with Gasteiger partial charge >= 0.3 is 0 Å². The second kappa shape index (κ2) is 9.24. The zero-order valence-corrected chi connectivity index (χ0v) is 14.5. The number of amides is 1. The number of terminal acetylenes is 1. The number of benzene rings is 2. The van der Waals surface area contributed by atoms with Crippen molar-refractivity contribution in [1.82, 2.24) is 0 Å². The maximum absolute atomic E-state index is 12.3. The second-order valence-corrected chi connectivity index (χ2v) is 5.15. The number of carbonyl (C=O) groups excluding carboxylic acids is 1. The Morgan fingerprint density at radius 2 is 1.92 bits per heavy atom. The second-order valence-electron chi connectivity index (χ2n) is 5.15. The zero-order chi connectivity index (χ0) is 18.1. The van der Waals surface area contributed by atoms with Crippen LogP contribution in [0.4, 0.5) is 11.4 Å². The molecular weight excluding hydrogens is 316 g/mol. The van der Waals surface area contributed by atoms with Gasteiger partial charge in [0.05, 0.1) is 25.4 Å². The number of ether oxygens (including phenoxy) is 2. The summed E-state index contributed by atoms with van der Waals surface area (Å²) >= 11 is 0. The van der Waals surface area contributed by atoms with Crippen LogP contribution in [0.5, 0.6) is 11.5 Å². The van der Waals surface area contributed by atoms with Crippen LogP contribution in [-0.2, 0) is 4.79 Å². The van der Waals surface area contributed by atoms with Crippen LogP contribution in [0.25, 0.3) is 0 Å². The Balaban J connectivity index is 2.03. The molecule has 0 spiro atoms. The van der Waals surface area contributed by atoms with E-state index < -0.39 is 0 Å². The number of hydrogen-bond donors (Lipinski definition) is 2. The normalized spacial score (nSPS) is 9.80. The van der Waals surface area contributed by atoms with E-state index in [0.717, 1.165) is 11.3 Å². The summed E-state index contributed by atoms with van der Waals surface area (Å²) in [6, 6.07) is 12.7. The van der Waals surface area contributed by atoms with E-state index in [1.165, 1.54) is 0 Å². The van der Waals surface area contributed by atoms with E-state index in [1.807, 2.05) is 44.2 Å². The lowest BCUT2D eigenvalue weighted by atomic mass is 10.2. The van der Waals surface area contributed by atoms with E-state index in [2.05, 4.69) is 16.6 Å². The molecule has 0 aliphatic rings. The maximum atomic E-state index is 12.3. The number of hydrogen-bond acceptors (Lipinski definition) is 4. The van der Waals surface area contributed by atoms with Crippen molar-refractivity contribution in [3.63, 3.8) is 0 Å². The van der Waals surface area contributed by atoms with Crippen LogP contribution in [0.2, 0.25) is 0 Å². The molecule has 0 radical (unpaired) electrons. The van der Waals surface area contributed by atoms with Crippen LogP contribution in [0, 0.1) is 12.3 Å². The largest absolute Gasteiger partial charge is 0.494 e. The molecule has 0 saturated carbocycles. The molecule has 2 N–H and O–H groups in total. The average molecular weight is 338 g/mol. The average Bonchev–Trinajstić information content (AvgIpc) is 2.63. The number of rotatable bonds is 8. The highest BCUT2D eigenvalue weighted by molar-refractivity contribution is 5.95. The quantitative estimate of drug-likeness (QED) is 0.723. The van der Waals surface area contributed by atoms with Gasteiger partial charge in [0.2, 0.25) is 5.91 Å². The van der Waals surface area contributed by atoms with Crippen molar-refractivity contribution in [2.24, 2.45) is 0 Å². The first-order valence-corrected chi connectivity index (χ1v) is 8.16. The van der Waals surface area contributed by atoms with Gasteiger partial charge in [0.1, 0.15) is 11.5 Å². The highest BCUT2D eigenvalue weighted by Crippen LogP contribution is 2.29. The predicted octanol–water partition coefficient (Wildman–Crippen LogP) is 3.52. The number of carbonyl (C=O) groups is 1. The summed E-state index contributed by atoms with van der Waals surface area (Å²) < 4.78 is 11.0. The van der Waals surface area contributed by atoms with Crippen LogP contribution < -0.4 is 20.1 Å². The molecular formula is C20H22N2O3. The van der Waals surface area contributed by atoms with Gasteiger partial charge in [-0.15, -0.1) is 6.42 Å². The Labute approximate surface area is 148 Å². The van der Waals surface area contributed by atoms with Crippen LogP contribution in [0.15, 0.2) is 42.5 Å². The molecule has 0 bridgehead atoms. The highest BCUT2D eigenvalue weighted by Gasteiger charge is 2.10. The molecule has 0 fully saturated rings. The molecule has 5 nitrogen and oxygen atoms in total. The van der Waals surface area contributed by atoms with E-state index in [9.17, 15) is 4.79 Å². The number of anilines is 2. The molecule has 25 heavy (non-hydrogen) atoms. The summed E-state index contributed by atoms with van der Waals surface area (Å²) in [7, 11) is 0. The van der Waals surface area contributed by atoms with Crippen molar-refractivity contribution in [3.8, 4) is 23.8 Å². The molecule has 0 aromatic heterocycles. The number of nitrogens with one attached hydrogen (secondary N) is 2. The Hall–Kier alpha value is -3.13. The third-order valence-corrected chi connectivity index (χ3v) is 3.32. The Morgan fingerprint density at radius 3 is 2.64 bits per heavy atom. The van der Waals surface area contributed by atoms with Crippen LogP contribution in [0.3, 0.4) is 0 Å². The lowest BCUT2D eigenvalue weighted by Crippen LogP contribution is -2.22. The Morgan fingerprint density at radius 1 is 1.12 bits per heavy atom. The standard InChI is InChI=1S/C20H22N2O3/c1-4-15-8-7-9-16(12-15)21-14-20(23)22-18-13-17(24-5-2)10-11-19(18)25-6-3/h1,7-13,21H,5-6,14H2,2-3H3,(H,22,23). The topological polar surface area (TPSA) is 59.6 Å². The summed E-state index contributed by atoms with van der Waals surface area (Å²) in [5.41, 5.74) is 2.13. The molecule has 1 amide bonds. The van der Waals surface area contributed by atoms with Crippen molar-refractivity contribution >= 4 is 17.3 Å². The minimum absolute atomic E-state index is 0.110. The molecule has 0 aliphatic carbocycles. The Kier molecular flexibility index (Phi) is 6.73. The van der Waals surface area contributed by atoms with Crippen molar-refractivity contribution in [1.29, 1.82) is 0 Å². The fourth-order valence-corrected chi connectivity index (χ4v) is 2.24. The van der Waals surface area contributed by atoms with Gasteiger partial charge in [0.25, 0.3) is 0 Å². The smallest absolute Gasteiger partial charge is 0.243 e. The van der Waals surface area contributed by atoms with Gasteiger partial charge in [0, 0.05) is 17.3 Å². The van der Waals surface area contributed by atoms with E-state index in [0.29, 0.717) is 30.4 Å². The molecule has 5 heteroatoms. The van der Waals surface area contributed by atoms with E-state index in [1.54, 1.807) is 12.1 Å². The molecule has 0 heterocycles. The molecule has 2 aromatic rings. The lowest BCUT2D eigenvalue weighted by molar-refractivity contribution is -0.114. The fraction of sp³-hybridized carbons (Fsp3) is 0.250. The van der Waals surface area contributed by atoms with E-state index in [-0.39, 0.29) is 12.5 Å². The first-order valence-electron chi connectivity index (χ1n) is 8.16. The SMILES string of the molecule is C#Cc1cccc(NCC(=O)Nc2cc(OCC)ccc2OCC)c1. The monoisotopic (exact) mass is 338 g/mol. The molecule has 2 rings (SSSR count). The summed E-state index contributed by atoms with van der Waals surface area (Å²) in [4.78, 5) is 12.3. The predicted molar refractivity (Wildman–Crippen MR) is 100 cm³/mol. The van der Waals surface area contributed by atoms with E-state index in [4.69, 9.17) is 15.9 Å². The van der Waals surface area contributed by atoms with Crippen LogP contribution in [-0.4, -0.2) is 25.7 Å². The van der Waals surface area contributed by atoms with Crippen molar-refractivity contribution in [2.45, 2.75) is 13.8 Å². The third-order valence-electron chi connectivity index (χ3n) is 3.32. The summed E-state index contributed by atoms with van der Waals surface area (Å²) in [6.07, 6.45) is 5.38. The maximum Gasteiger partial charge on any atom is 0.243 e. The zero-order valence-electron chi connectivity index (χ0n) is 14.5. The lowest BCUT2D eigenvalue weighted by Gasteiger charge is -2.14. The van der Waals surface area contributed by atoms with Gasteiger partial charge in [-0.2, -0.15) is 0 Å². The molecule has 130 valence electrons. The van der Waals surface area contributed by atoms with Crippen LogP contribution in [0.1, 0.15) is 19.4 Å². The van der Waals surface area contributed by atoms with Crippen molar-refractivity contribution < 1.29 is 14.3 Å². The molecule has 0 saturated heterocycles. The molecule has 0 unspecified atom stereocenters. The third kappa shape index (κ3) is 5.47. The van der Waals surface area contributed by atoms with E-state index >= 15 is 0 Å². The Bertz CT molecular complexity index is 766. The summed E-state index contributed by atoms with van der Waals surface area (Å²) in [6.45, 7) is 4.96. The summed E-state index contributed by atoms with van der Waals surface area (Å²) in [5, 5.41) is 5.90. The van der Waals surface area contributed by atoms with Gasteiger partial charge < -0.3 is 20.1 Å². The molecule has 0 atom stereocenters. The minimum atomic E-state index is -0.194. The summed E-state index contributed by atoms with van der Waals surface area (Å²) in [5.74, 6) is 3.65. The van der Waals surface area contributed by atoms with Gasteiger partial charge in [0.15, 0.2) is 0 Å². The minimum Gasteiger partial charge on any atom is -0.494 e. The van der Waals surface area contributed by atoms with Gasteiger partial charge in [-0.1, -0.05) is 12.0 Å². The molecule has 2 aromatic carbocycles. The van der Waals surface area contributed by atoms with Gasteiger partial charge in [-0.25, -0.2) is 0 Å². The van der Waals surface area contributed by atoms with Crippen molar-refractivity contribution in [3.05, 3.63) is 48.0 Å².